The largest absolute Gasteiger partial charge is 0.331 e. The van der Waals surface area contributed by atoms with Crippen LogP contribution in [-0.4, -0.2) is 16.1 Å². The Hall–Kier alpha value is -0.100. The Morgan fingerprint density at radius 3 is 3.40 bits per heavy atom. The Bertz CT molecular complexity index is 243. The molecule has 2 rings (SSSR count). The molecule has 0 saturated carbocycles. The maximum atomic E-state index is 4.21. The normalized spacial score (nSPS) is 16.9. The van der Waals surface area contributed by atoms with Gasteiger partial charge in [0.25, 0.3) is 0 Å². The second kappa shape index (κ2) is 2.50. The van der Waals surface area contributed by atoms with Crippen LogP contribution in [0.4, 0.5) is 0 Å². The highest BCUT2D eigenvalue weighted by atomic mass is 127. The third kappa shape index (κ3) is 0.950. The van der Waals surface area contributed by atoms with E-state index in [-0.39, 0.29) is 0 Å². The van der Waals surface area contributed by atoms with Gasteiger partial charge >= 0.3 is 0 Å². The first kappa shape index (κ1) is 6.60. The number of hydrogen-bond donors (Lipinski definition) is 1. The van der Waals surface area contributed by atoms with Gasteiger partial charge in [-0.3, -0.25) is 0 Å². The molecule has 0 fully saturated rings. The summed E-state index contributed by atoms with van der Waals surface area (Å²) < 4.78 is 3.34. The lowest BCUT2D eigenvalue weighted by Crippen LogP contribution is -2.27. The standard InChI is InChI=1S/C6H8IN3/c7-6-5-3-8-1-2-10(5)4-9-6/h4,8H,1-3H2. The topological polar surface area (TPSA) is 29.9 Å². The molecule has 0 saturated heterocycles. The van der Waals surface area contributed by atoms with Crippen molar-refractivity contribution in [3.63, 3.8) is 0 Å². The average molecular weight is 249 g/mol. The highest BCUT2D eigenvalue weighted by Gasteiger charge is 2.10. The van der Waals surface area contributed by atoms with Crippen LogP contribution in [0.3, 0.4) is 0 Å². The van der Waals surface area contributed by atoms with Crippen LogP contribution in [0.5, 0.6) is 0 Å². The monoisotopic (exact) mass is 249 g/mol. The van der Waals surface area contributed by atoms with Crippen LogP contribution >= 0.6 is 22.6 Å². The highest BCUT2D eigenvalue weighted by molar-refractivity contribution is 14.1. The van der Waals surface area contributed by atoms with E-state index >= 15 is 0 Å². The predicted octanol–water partition coefficient (Wildman–Crippen LogP) is 0.591. The van der Waals surface area contributed by atoms with Gasteiger partial charge in [0.2, 0.25) is 0 Å². The molecule has 10 heavy (non-hydrogen) atoms. The molecule has 0 aliphatic carbocycles. The number of hydrogen-bond acceptors (Lipinski definition) is 2. The first-order chi connectivity index (χ1) is 4.88. The van der Waals surface area contributed by atoms with E-state index in [0.717, 1.165) is 23.3 Å². The maximum Gasteiger partial charge on any atom is 0.123 e. The number of nitrogens with zero attached hydrogens (tertiary/aromatic N) is 2. The molecule has 2 heterocycles. The SMILES string of the molecule is Ic1ncn2c1CNCC2. The van der Waals surface area contributed by atoms with Crippen molar-refractivity contribution in [2.45, 2.75) is 13.1 Å². The van der Waals surface area contributed by atoms with Crippen LogP contribution < -0.4 is 5.32 Å². The minimum atomic E-state index is 0.971. The van der Waals surface area contributed by atoms with Crippen molar-refractivity contribution < 1.29 is 0 Å². The van der Waals surface area contributed by atoms with E-state index in [9.17, 15) is 0 Å². The Morgan fingerprint density at radius 1 is 1.70 bits per heavy atom. The van der Waals surface area contributed by atoms with Crippen molar-refractivity contribution in [3.8, 4) is 0 Å². The molecule has 0 aromatic carbocycles. The van der Waals surface area contributed by atoms with Gasteiger partial charge in [-0.15, -0.1) is 0 Å². The Labute approximate surface area is 73.0 Å². The molecule has 1 aromatic rings. The molecule has 0 bridgehead atoms. The number of fused-ring (bicyclic) bond motifs is 1. The molecule has 0 amide bonds. The fourth-order valence-corrected chi connectivity index (χ4v) is 1.78. The van der Waals surface area contributed by atoms with Gasteiger partial charge < -0.3 is 9.88 Å². The van der Waals surface area contributed by atoms with Crippen LogP contribution in [0.15, 0.2) is 6.33 Å². The lowest BCUT2D eigenvalue weighted by molar-refractivity contribution is 0.514. The molecule has 1 aliphatic rings. The van der Waals surface area contributed by atoms with E-state index in [4.69, 9.17) is 0 Å². The van der Waals surface area contributed by atoms with E-state index in [2.05, 4.69) is 37.5 Å². The van der Waals surface area contributed by atoms with E-state index in [1.807, 2.05) is 6.33 Å². The van der Waals surface area contributed by atoms with Crippen molar-refractivity contribution in [2.75, 3.05) is 6.54 Å². The summed E-state index contributed by atoms with van der Waals surface area (Å²) in [5, 5.41) is 3.30. The van der Waals surface area contributed by atoms with E-state index in [0.29, 0.717) is 0 Å². The molecule has 54 valence electrons. The van der Waals surface area contributed by atoms with Crippen molar-refractivity contribution >= 4 is 22.6 Å². The molecule has 0 spiro atoms. The zero-order valence-corrected chi connectivity index (χ0v) is 7.63. The molecule has 3 nitrogen and oxygen atoms in total. The van der Waals surface area contributed by atoms with Crippen LogP contribution in [-0.2, 0) is 13.1 Å². The van der Waals surface area contributed by atoms with Crippen LogP contribution in [0.2, 0.25) is 0 Å². The summed E-state index contributed by atoms with van der Waals surface area (Å²) >= 11 is 2.27. The Morgan fingerprint density at radius 2 is 2.60 bits per heavy atom. The lowest BCUT2D eigenvalue weighted by atomic mass is 10.4. The van der Waals surface area contributed by atoms with Crippen LogP contribution in [0, 0.1) is 3.70 Å². The van der Waals surface area contributed by atoms with Gasteiger partial charge in [0.05, 0.1) is 12.0 Å². The molecule has 4 heteroatoms. The Balaban J connectivity index is 2.45. The molecule has 1 aromatic heterocycles. The molecular formula is C6H8IN3. The third-order valence-corrected chi connectivity index (χ3v) is 2.62. The maximum absolute atomic E-state index is 4.21. The fourth-order valence-electron chi connectivity index (χ4n) is 1.16. The smallest absolute Gasteiger partial charge is 0.123 e. The average Bonchev–Trinajstić information content (AvgIpc) is 2.34. The lowest BCUT2D eigenvalue weighted by Gasteiger charge is -2.15. The Kier molecular flexibility index (Phi) is 1.65. The van der Waals surface area contributed by atoms with Crippen LogP contribution in [0.25, 0.3) is 0 Å². The molecule has 0 atom stereocenters. The summed E-state index contributed by atoms with van der Waals surface area (Å²) in [6, 6.07) is 0. The zero-order chi connectivity index (χ0) is 6.97. The molecule has 0 radical (unpaired) electrons. The zero-order valence-electron chi connectivity index (χ0n) is 5.47. The second-order valence-electron chi connectivity index (χ2n) is 2.35. The van der Waals surface area contributed by atoms with Gasteiger partial charge in [0.15, 0.2) is 0 Å². The van der Waals surface area contributed by atoms with Gasteiger partial charge in [0.1, 0.15) is 3.70 Å². The number of rotatable bonds is 0. The third-order valence-electron chi connectivity index (χ3n) is 1.72. The van der Waals surface area contributed by atoms with Gasteiger partial charge in [0, 0.05) is 19.6 Å². The summed E-state index contributed by atoms with van der Waals surface area (Å²) in [4.78, 5) is 4.21. The van der Waals surface area contributed by atoms with Crippen molar-refractivity contribution in [1.29, 1.82) is 0 Å². The first-order valence-corrected chi connectivity index (χ1v) is 4.36. The predicted molar refractivity (Wildman–Crippen MR) is 46.7 cm³/mol. The van der Waals surface area contributed by atoms with Gasteiger partial charge in [-0.25, -0.2) is 4.98 Å². The van der Waals surface area contributed by atoms with E-state index in [1.54, 1.807) is 0 Å². The molecule has 1 aliphatic heterocycles. The van der Waals surface area contributed by atoms with Gasteiger partial charge in [-0.2, -0.15) is 0 Å². The minimum Gasteiger partial charge on any atom is -0.331 e. The van der Waals surface area contributed by atoms with E-state index < -0.39 is 0 Å². The number of imidazole rings is 1. The summed E-state index contributed by atoms with van der Waals surface area (Å²) in [7, 11) is 0. The number of halogens is 1. The first-order valence-electron chi connectivity index (χ1n) is 3.28. The van der Waals surface area contributed by atoms with Crippen molar-refractivity contribution in [1.82, 2.24) is 14.9 Å². The quantitative estimate of drug-likeness (QED) is 0.682. The summed E-state index contributed by atoms with van der Waals surface area (Å²) in [6.07, 6.45) is 1.91. The van der Waals surface area contributed by atoms with Gasteiger partial charge in [-0.05, 0) is 22.6 Å². The summed E-state index contributed by atoms with van der Waals surface area (Å²) in [5.41, 5.74) is 1.33. The second-order valence-corrected chi connectivity index (χ2v) is 3.37. The molecule has 0 unspecified atom stereocenters. The summed E-state index contributed by atoms with van der Waals surface area (Å²) in [6.45, 7) is 3.10. The number of aromatic nitrogens is 2. The van der Waals surface area contributed by atoms with Crippen molar-refractivity contribution in [2.24, 2.45) is 0 Å². The van der Waals surface area contributed by atoms with Crippen LogP contribution in [0.1, 0.15) is 5.69 Å². The van der Waals surface area contributed by atoms with Crippen molar-refractivity contribution in [3.05, 3.63) is 15.7 Å². The molecule has 1 N–H and O–H groups in total. The highest BCUT2D eigenvalue weighted by Crippen LogP contribution is 2.11. The summed E-state index contributed by atoms with van der Waals surface area (Å²) in [5.74, 6) is 0. The minimum absolute atomic E-state index is 0.971. The fraction of sp³-hybridized carbons (Fsp3) is 0.500. The number of nitrogens with one attached hydrogen (secondary N) is 1. The van der Waals surface area contributed by atoms with E-state index in [1.165, 1.54) is 5.69 Å². The van der Waals surface area contributed by atoms with Gasteiger partial charge in [-0.1, -0.05) is 0 Å². The molecular weight excluding hydrogens is 241 g/mol.